The number of rotatable bonds is 4. The number of amides is 1. The largest absolute Gasteiger partial charge is 0.339 e. The third kappa shape index (κ3) is 3.33. The molecule has 3 aliphatic heterocycles. The Morgan fingerprint density at radius 1 is 1.20 bits per heavy atom. The molecule has 3 saturated heterocycles. The van der Waals surface area contributed by atoms with E-state index in [0.717, 1.165) is 32.5 Å². The molecule has 5 heterocycles. The van der Waals surface area contributed by atoms with Gasteiger partial charge in [-0.1, -0.05) is 0 Å². The van der Waals surface area contributed by atoms with Crippen molar-refractivity contribution in [3.05, 3.63) is 36.4 Å². The summed E-state index contributed by atoms with van der Waals surface area (Å²) in [6.07, 6.45) is 4.81. The van der Waals surface area contributed by atoms with Crippen LogP contribution in [0.15, 0.2) is 35.7 Å². The number of aromatic nitrogens is 4. The second-order valence-corrected chi connectivity index (χ2v) is 9.52. The van der Waals surface area contributed by atoms with Gasteiger partial charge in [-0.2, -0.15) is 13.5 Å². The van der Waals surface area contributed by atoms with Crippen LogP contribution in [0.1, 0.15) is 23.3 Å². The van der Waals surface area contributed by atoms with Crippen LogP contribution < -0.4 is 4.72 Å². The van der Waals surface area contributed by atoms with E-state index in [1.807, 2.05) is 4.90 Å². The number of sulfonamides is 1. The number of H-pyrrole nitrogens is 1. The maximum atomic E-state index is 13.3. The van der Waals surface area contributed by atoms with E-state index >= 15 is 0 Å². The Balaban J connectivity index is 1.45. The van der Waals surface area contributed by atoms with Crippen LogP contribution in [0.2, 0.25) is 0 Å². The van der Waals surface area contributed by atoms with Gasteiger partial charge in [0.2, 0.25) is 0 Å². The van der Waals surface area contributed by atoms with Crippen LogP contribution >= 0.6 is 0 Å². The molecule has 0 atom stereocenters. The van der Waals surface area contributed by atoms with E-state index in [1.54, 1.807) is 29.8 Å². The zero-order valence-electron chi connectivity index (χ0n) is 16.6. The second kappa shape index (κ2) is 7.10. The lowest BCUT2D eigenvalue weighted by Crippen LogP contribution is -2.41. The number of nitrogens with one attached hydrogen (secondary N) is 2. The highest BCUT2D eigenvalue weighted by molar-refractivity contribution is 7.92. The summed E-state index contributed by atoms with van der Waals surface area (Å²) < 4.78 is 29.3. The maximum Gasteiger partial charge on any atom is 0.280 e. The number of imidazole rings is 1. The third-order valence-electron chi connectivity index (χ3n) is 5.89. The molecule has 1 amide bonds. The molecule has 30 heavy (non-hydrogen) atoms. The van der Waals surface area contributed by atoms with Crippen molar-refractivity contribution in [3.8, 4) is 0 Å². The molecule has 2 bridgehead atoms. The minimum Gasteiger partial charge on any atom is -0.339 e. The van der Waals surface area contributed by atoms with Gasteiger partial charge in [0, 0.05) is 56.5 Å². The van der Waals surface area contributed by atoms with Gasteiger partial charge in [-0.05, 0) is 31.0 Å². The number of anilines is 1. The van der Waals surface area contributed by atoms with E-state index in [4.69, 9.17) is 0 Å². The minimum atomic E-state index is -3.82. The number of hydrogen-bond donors (Lipinski definition) is 2. The average Bonchev–Trinajstić information content (AvgIpc) is 3.23. The molecule has 3 aromatic rings. The van der Waals surface area contributed by atoms with E-state index in [1.165, 1.54) is 12.5 Å². The summed E-state index contributed by atoms with van der Waals surface area (Å²) >= 11 is 0. The quantitative estimate of drug-likeness (QED) is 0.640. The van der Waals surface area contributed by atoms with Gasteiger partial charge >= 0.3 is 0 Å². The number of piperidine rings is 1. The van der Waals surface area contributed by atoms with E-state index in [-0.39, 0.29) is 17.0 Å². The summed E-state index contributed by atoms with van der Waals surface area (Å²) in [5, 5.41) is 7.68. The van der Waals surface area contributed by atoms with Crippen molar-refractivity contribution in [1.82, 2.24) is 29.5 Å². The Kier molecular flexibility index (Phi) is 4.51. The Hall–Kier alpha value is -2.92. The summed E-state index contributed by atoms with van der Waals surface area (Å²) in [6, 6.07) is 5.23. The molecule has 158 valence electrons. The van der Waals surface area contributed by atoms with Crippen molar-refractivity contribution in [2.75, 3.05) is 30.9 Å². The first-order valence-electron chi connectivity index (χ1n) is 9.93. The number of carbonyl (C=O) groups excluding carboxylic acids is 1. The summed E-state index contributed by atoms with van der Waals surface area (Å²) in [5.74, 6) is -0.111. The number of aromatic amines is 1. The van der Waals surface area contributed by atoms with Crippen molar-refractivity contribution < 1.29 is 13.2 Å². The van der Waals surface area contributed by atoms with Gasteiger partial charge in [0.1, 0.15) is 0 Å². The fourth-order valence-electron chi connectivity index (χ4n) is 4.27. The van der Waals surface area contributed by atoms with Crippen LogP contribution in [0.5, 0.6) is 0 Å². The van der Waals surface area contributed by atoms with Crippen LogP contribution in [-0.4, -0.2) is 76.1 Å². The second-order valence-electron chi connectivity index (χ2n) is 7.89. The van der Waals surface area contributed by atoms with Crippen molar-refractivity contribution >= 4 is 32.5 Å². The molecule has 11 heteroatoms. The van der Waals surface area contributed by atoms with Crippen LogP contribution in [0, 0.1) is 0 Å². The number of aryl methyl sites for hydroxylation is 1. The first kappa shape index (κ1) is 19.1. The topological polar surface area (TPSA) is 116 Å². The molecule has 0 radical (unpaired) electrons. The normalized spacial score (nSPS) is 21.7. The number of benzene rings is 1. The van der Waals surface area contributed by atoms with Crippen LogP contribution in [0.4, 0.5) is 5.69 Å². The fourth-order valence-corrected chi connectivity index (χ4v) is 5.30. The monoisotopic (exact) mass is 429 g/mol. The van der Waals surface area contributed by atoms with Gasteiger partial charge in [0.05, 0.1) is 11.8 Å². The highest BCUT2D eigenvalue weighted by Gasteiger charge is 2.33. The zero-order valence-corrected chi connectivity index (χ0v) is 17.4. The molecule has 2 N–H and O–H groups in total. The summed E-state index contributed by atoms with van der Waals surface area (Å²) in [4.78, 5) is 21.5. The maximum absolute atomic E-state index is 13.3. The van der Waals surface area contributed by atoms with E-state index < -0.39 is 10.0 Å². The minimum absolute atomic E-state index is 0.0658. The Labute approximate surface area is 173 Å². The molecule has 0 spiro atoms. The fraction of sp³-hybridized carbons (Fsp3) is 0.421. The number of hydrogen-bond acceptors (Lipinski definition) is 6. The van der Waals surface area contributed by atoms with Crippen molar-refractivity contribution in [2.24, 2.45) is 7.05 Å². The molecule has 10 nitrogen and oxygen atoms in total. The molecule has 6 rings (SSSR count). The van der Waals surface area contributed by atoms with Crippen LogP contribution in [0.25, 0.3) is 10.9 Å². The molecule has 0 saturated carbocycles. The van der Waals surface area contributed by atoms with Gasteiger partial charge in [-0.25, -0.2) is 4.98 Å². The van der Waals surface area contributed by atoms with E-state index in [9.17, 15) is 13.2 Å². The lowest BCUT2D eigenvalue weighted by molar-refractivity contribution is 0.0681. The molecular weight excluding hydrogens is 406 g/mol. The molecule has 3 fully saturated rings. The van der Waals surface area contributed by atoms with Crippen LogP contribution in [0.3, 0.4) is 0 Å². The molecule has 2 aromatic heterocycles. The predicted molar refractivity (Wildman–Crippen MR) is 111 cm³/mol. The Bertz CT molecular complexity index is 1210. The first-order valence-corrected chi connectivity index (χ1v) is 11.4. The number of fused-ring (bicyclic) bond motifs is 5. The van der Waals surface area contributed by atoms with Gasteiger partial charge in [0.15, 0.2) is 10.7 Å². The van der Waals surface area contributed by atoms with E-state index in [0.29, 0.717) is 28.8 Å². The highest BCUT2D eigenvalue weighted by Crippen LogP contribution is 2.27. The molecule has 0 unspecified atom stereocenters. The van der Waals surface area contributed by atoms with Gasteiger partial charge in [0.25, 0.3) is 15.9 Å². The average molecular weight is 430 g/mol. The van der Waals surface area contributed by atoms with Crippen molar-refractivity contribution in [1.29, 1.82) is 0 Å². The van der Waals surface area contributed by atoms with Crippen molar-refractivity contribution in [3.63, 3.8) is 0 Å². The molecular formula is C19H23N7O3S. The Morgan fingerprint density at radius 3 is 2.73 bits per heavy atom. The van der Waals surface area contributed by atoms with E-state index in [2.05, 4.69) is 24.8 Å². The first-order chi connectivity index (χ1) is 14.4. The third-order valence-corrected chi connectivity index (χ3v) is 7.16. The smallest absolute Gasteiger partial charge is 0.280 e. The number of carbonyl (C=O) groups is 1. The SMILES string of the molecule is Cn1cnc(S(=O)(=O)Nc2ccc3[nH]nc(C(=O)N4CCN5CCC4CC5)c3c2)c1. The molecule has 1 aromatic carbocycles. The summed E-state index contributed by atoms with van der Waals surface area (Å²) in [5.41, 5.74) is 1.36. The summed E-state index contributed by atoms with van der Waals surface area (Å²) in [7, 11) is -2.12. The summed E-state index contributed by atoms with van der Waals surface area (Å²) in [6.45, 7) is 3.61. The zero-order chi connectivity index (χ0) is 20.9. The van der Waals surface area contributed by atoms with Gasteiger partial charge in [-0.3, -0.25) is 14.6 Å². The van der Waals surface area contributed by atoms with Crippen molar-refractivity contribution in [2.45, 2.75) is 23.9 Å². The molecule has 3 aliphatic rings. The van der Waals surface area contributed by atoms with Crippen LogP contribution in [-0.2, 0) is 17.1 Å². The van der Waals surface area contributed by atoms with Gasteiger partial charge < -0.3 is 14.4 Å². The standard InChI is InChI=1S/C19H23N7O3S/c1-24-11-17(20-12-24)30(28,29)23-13-2-3-16-15(10-13)18(22-21-16)19(27)26-9-8-25-6-4-14(26)5-7-25/h2-3,10-12,14,23H,4-9H2,1H3,(H,21,22). The predicted octanol–water partition coefficient (Wildman–Crippen LogP) is 1.02. The van der Waals surface area contributed by atoms with Gasteiger partial charge in [-0.15, -0.1) is 0 Å². The Morgan fingerprint density at radius 2 is 2.00 bits per heavy atom. The number of nitrogens with zero attached hydrogens (tertiary/aromatic N) is 5. The lowest BCUT2D eigenvalue weighted by atomic mass is 10.0. The lowest BCUT2D eigenvalue weighted by Gasteiger charge is -2.31. The molecule has 0 aliphatic carbocycles. The highest BCUT2D eigenvalue weighted by atomic mass is 32.2.